The first-order valence-corrected chi connectivity index (χ1v) is 6.24. The van der Waals surface area contributed by atoms with E-state index in [2.05, 4.69) is 0 Å². The third-order valence-corrected chi connectivity index (χ3v) is 3.15. The van der Waals surface area contributed by atoms with E-state index in [4.69, 9.17) is 33.7 Å². The van der Waals surface area contributed by atoms with Gasteiger partial charge in [-0.25, -0.2) is 0 Å². The van der Waals surface area contributed by atoms with Crippen molar-refractivity contribution >= 4 is 28.9 Å². The average molecular weight is 282 g/mol. The Morgan fingerprint density at radius 3 is 2.44 bits per heavy atom. The van der Waals surface area contributed by atoms with Crippen molar-refractivity contribution in [2.24, 2.45) is 0 Å². The maximum absolute atomic E-state index is 5.90. The van der Waals surface area contributed by atoms with E-state index in [9.17, 15) is 0 Å². The van der Waals surface area contributed by atoms with Crippen LogP contribution in [0.2, 0.25) is 10.0 Å². The molecule has 0 atom stereocenters. The molecule has 0 aromatic heterocycles. The largest absolute Gasteiger partial charge is 0.489 e. The predicted molar refractivity (Wildman–Crippen MR) is 76.4 cm³/mol. The minimum absolute atomic E-state index is 0.438. The Hall–Kier alpha value is -1.38. The van der Waals surface area contributed by atoms with Crippen molar-refractivity contribution in [3.05, 3.63) is 57.6 Å². The van der Waals surface area contributed by atoms with Gasteiger partial charge in [-0.15, -0.1) is 0 Å². The molecule has 18 heavy (non-hydrogen) atoms. The zero-order valence-electron chi connectivity index (χ0n) is 9.91. The summed E-state index contributed by atoms with van der Waals surface area (Å²) in [5.41, 5.74) is 8.68. The highest BCUT2D eigenvalue weighted by atomic mass is 35.5. The zero-order chi connectivity index (χ0) is 13.1. The maximum atomic E-state index is 5.90. The van der Waals surface area contributed by atoms with Gasteiger partial charge in [-0.2, -0.15) is 0 Å². The van der Waals surface area contributed by atoms with Crippen LogP contribution in [0.1, 0.15) is 11.1 Å². The van der Waals surface area contributed by atoms with E-state index in [0.29, 0.717) is 22.4 Å². The van der Waals surface area contributed by atoms with Crippen LogP contribution in [-0.4, -0.2) is 0 Å². The summed E-state index contributed by atoms with van der Waals surface area (Å²) in [6.45, 7) is 2.41. The molecule has 0 radical (unpaired) electrons. The molecule has 0 unspecified atom stereocenters. The van der Waals surface area contributed by atoms with Crippen LogP contribution < -0.4 is 10.5 Å². The van der Waals surface area contributed by atoms with E-state index in [0.717, 1.165) is 16.8 Å². The standard InChI is InChI=1S/C14H13Cl2NO/c1-9-10(3-2-4-14(9)17)8-18-13-6-11(15)5-12(16)7-13/h2-7H,8,17H2,1H3. The van der Waals surface area contributed by atoms with E-state index in [1.165, 1.54) is 0 Å². The second kappa shape index (κ2) is 5.51. The first-order chi connectivity index (χ1) is 8.56. The molecule has 0 heterocycles. The molecule has 0 saturated heterocycles. The Kier molecular flexibility index (Phi) is 4.00. The van der Waals surface area contributed by atoms with Crippen LogP contribution in [-0.2, 0) is 6.61 Å². The summed E-state index contributed by atoms with van der Waals surface area (Å²) in [6, 6.07) is 10.9. The summed E-state index contributed by atoms with van der Waals surface area (Å²) in [7, 11) is 0. The Labute approximate surface area is 116 Å². The van der Waals surface area contributed by atoms with Crippen molar-refractivity contribution in [3.63, 3.8) is 0 Å². The predicted octanol–water partition coefficient (Wildman–Crippen LogP) is 4.46. The molecule has 2 rings (SSSR count). The highest BCUT2D eigenvalue weighted by Gasteiger charge is 2.04. The first-order valence-electron chi connectivity index (χ1n) is 5.49. The molecule has 0 amide bonds. The molecular formula is C14H13Cl2NO. The number of ether oxygens (including phenoxy) is 1. The Morgan fingerprint density at radius 1 is 1.11 bits per heavy atom. The van der Waals surface area contributed by atoms with Crippen LogP contribution in [0.25, 0.3) is 0 Å². The van der Waals surface area contributed by atoms with Crippen molar-refractivity contribution in [1.29, 1.82) is 0 Å². The molecule has 2 aromatic rings. The van der Waals surface area contributed by atoms with E-state index in [1.54, 1.807) is 18.2 Å². The van der Waals surface area contributed by atoms with Gasteiger partial charge >= 0.3 is 0 Å². The van der Waals surface area contributed by atoms with Gasteiger partial charge in [0, 0.05) is 15.7 Å². The zero-order valence-corrected chi connectivity index (χ0v) is 11.4. The maximum Gasteiger partial charge on any atom is 0.122 e. The van der Waals surface area contributed by atoms with Crippen LogP contribution in [0.4, 0.5) is 5.69 Å². The third kappa shape index (κ3) is 3.09. The molecule has 2 N–H and O–H groups in total. The van der Waals surface area contributed by atoms with Crippen LogP contribution in [0.5, 0.6) is 5.75 Å². The van der Waals surface area contributed by atoms with Crippen LogP contribution in [0.15, 0.2) is 36.4 Å². The second-order valence-electron chi connectivity index (χ2n) is 4.03. The molecule has 0 bridgehead atoms. The van der Waals surface area contributed by atoms with Crippen molar-refractivity contribution in [3.8, 4) is 5.75 Å². The fourth-order valence-electron chi connectivity index (χ4n) is 1.63. The highest BCUT2D eigenvalue weighted by Crippen LogP contribution is 2.25. The highest BCUT2D eigenvalue weighted by molar-refractivity contribution is 6.34. The number of benzene rings is 2. The topological polar surface area (TPSA) is 35.2 Å². The van der Waals surface area contributed by atoms with Gasteiger partial charge in [0.05, 0.1) is 0 Å². The van der Waals surface area contributed by atoms with Gasteiger partial charge in [0.2, 0.25) is 0 Å². The lowest BCUT2D eigenvalue weighted by Gasteiger charge is -2.10. The first kappa shape index (κ1) is 13.1. The van der Waals surface area contributed by atoms with Gasteiger partial charge in [0.25, 0.3) is 0 Å². The number of anilines is 1. The van der Waals surface area contributed by atoms with Crippen molar-refractivity contribution in [2.45, 2.75) is 13.5 Å². The van der Waals surface area contributed by atoms with Gasteiger partial charge in [-0.3, -0.25) is 0 Å². The second-order valence-corrected chi connectivity index (χ2v) is 4.90. The van der Waals surface area contributed by atoms with E-state index in [1.807, 2.05) is 25.1 Å². The lowest BCUT2D eigenvalue weighted by Crippen LogP contribution is -2.00. The summed E-state index contributed by atoms with van der Waals surface area (Å²) < 4.78 is 5.67. The average Bonchev–Trinajstić information content (AvgIpc) is 2.30. The molecule has 94 valence electrons. The van der Waals surface area contributed by atoms with Gasteiger partial charge < -0.3 is 10.5 Å². The summed E-state index contributed by atoms with van der Waals surface area (Å²) >= 11 is 11.8. The molecule has 0 fully saturated rings. The van der Waals surface area contributed by atoms with Crippen LogP contribution in [0.3, 0.4) is 0 Å². The van der Waals surface area contributed by atoms with Crippen molar-refractivity contribution < 1.29 is 4.74 Å². The minimum Gasteiger partial charge on any atom is -0.489 e. The van der Waals surface area contributed by atoms with Crippen molar-refractivity contribution in [2.75, 3.05) is 5.73 Å². The van der Waals surface area contributed by atoms with Crippen LogP contribution >= 0.6 is 23.2 Å². The van der Waals surface area contributed by atoms with E-state index < -0.39 is 0 Å². The summed E-state index contributed by atoms with van der Waals surface area (Å²) in [5, 5.41) is 1.11. The van der Waals surface area contributed by atoms with Gasteiger partial charge in [-0.05, 0) is 42.3 Å². The monoisotopic (exact) mass is 281 g/mol. The van der Waals surface area contributed by atoms with Crippen molar-refractivity contribution in [1.82, 2.24) is 0 Å². The summed E-state index contributed by atoms with van der Waals surface area (Å²) in [4.78, 5) is 0. The van der Waals surface area contributed by atoms with Gasteiger partial charge in [0.15, 0.2) is 0 Å². The molecule has 0 aliphatic rings. The summed E-state index contributed by atoms with van der Waals surface area (Å²) in [5.74, 6) is 0.648. The lowest BCUT2D eigenvalue weighted by atomic mass is 10.1. The Morgan fingerprint density at radius 2 is 1.78 bits per heavy atom. The Bertz CT molecular complexity index is 549. The fourth-order valence-corrected chi connectivity index (χ4v) is 2.14. The number of nitrogens with two attached hydrogens (primary N) is 1. The molecule has 2 aromatic carbocycles. The minimum atomic E-state index is 0.438. The van der Waals surface area contributed by atoms with Gasteiger partial charge in [-0.1, -0.05) is 35.3 Å². The number of halogens is 2. The fraction of sp³-hybridized carbons (Fsp3) is 0.143. The van der Waals surface area contributed by atoms with E-state index >= 15 is 0 Å². The molecular weight excluding hydrogens is 269 g/mol. The molecule has 2 nitrogen and oxygen atoms in total. The SMILES string of the molecule is Cc1c(N)cccc1COc1cc(Cl)cc(Cl)c1. The quantitative estimate of drug-likeness (QED) is 0.843. The number of hydrogen-bond donors (Lipinski definition) is 1. The smallest absolute Gasteiger partial charge is 0.122 e. The normalized spacial score (nSPS) is 10.4. The third-order valence-electron chi connectivity index (χ3n) is 2.72. The lowest BCUT2D eigenvalue weighted by molar-refractivity contribution is 0.305. The molecule has 0 saturated carbocycles. The molecule has 0 aliphatic carbocycles. The Balaban J connectivity index is 2.14. The molecule has 0 aliphatic heterocycles. The van der Waals surface area contributed by atoms with Crippen LogP contribution in [0, 0.1) is 6.92 Å². The molecule has 4 heteroatoms. The number of nitrogen functional groups attached to an aromatic ring is 1. The van der Waals surface area contributed by atoms with E-state index in [-0.39, 0.29) is 0 Å². The summed E-state index contributed by atoms with van der Waals surface area (Å²) in [6.07, 6.45) is 0. The van der Waals surface area contributed by atoms with Gasteiger partial charge in [0.1, 0.15) is 12.4 Å². The molecule has 0 spiro atoms. The number of hydrogen-bond acceptors (Lipinski definition) is 2. The number of rotatable bonds is 3.